The Bertz CT molecular complexity index is 449. The van der Waals surface area contributed by atoms with Gasteiger partial charge in [0, 0.05) is 26.2 Å². The third kappa shape index (κ3) is 3.53. The van der Waals surface area contributed by atoms with Crippen LogP contribution in [0.15, 0.2) is 6.20 Å². The van der Waals surface area contributed by atoms with Crippen molar-refractivity contribution in [3.05, 3.63) is 11.1 Å². The number of rotatable bonds is 5. The number of hydrogen-bond acceptors (Lipinski definition) is 6. The van der Waals surface area contributed by atoms with Crippen LogP contribution in [-0.4, -0.2) is 71.2 Å². The first kappa shape index (κ1) is 13.9. The highest BCUT2D eigenvalue weighted by molar-refractivity contribution is 7.07. The molecule has 1 saturated carbocycles. The molecule has 0 radical (unpaired) electrons. The molecule has 6 nitrogen and oxygen atoms in total. The van der Waals surface area contributed by atoms with Gasteiger partial charge in [0.05, 0.1) is 18.9 Å². The van der Waals surface area contributed by atoms with Gasteiger partial charge in [-0.3, -0.25) is 4.79 Å². The molecule has 2 aliphatic rings. The highest BCUT2D eigenvalue weighted by Crippen LogP contribution is 2.29. The molecule has 0 aromatic carbocycles. The van der Waals surface area contributed by atoms with E-state index >= 15 is 0 Å². The fraction of sp³-hybridized carbons (Fsp3) is 0.769. The van der Waals surface area contributed by atoms with Gasteiger partial charge in [0.15, 0.2) is 0 Å². The van der Waals surface area contributed by atoms with Gasteiger partial charge in [-0.1, -0.05) is 4.49 Å². The van der Waals surface area contributed by atoms with Crippen LogP contribution >= 0.6 is 11.5 Å². The Morgan fingerprint density at radius 3 is 3.10 bits per heavy atom. The average molecular weight is 296 g/mol. The molecule has 2 heterocycles. The molecule has 1 amide bonds. The van der Waals surface area contributed by atoms with Gasteiger partial charge in [-0.2, -0.15) is 0 Å². The van der Waals surface area contributed by atoms with Gasteiger partial charge in [0.1, 0.15) is 4.88 Å². The molecule has 1 atom stereocenters. The van der Waals surface area contributed by atoms with E-state index in [1.54, 1.807) is 0 Å². The second kappa shape index (κ2) is 6.15. The van der Waals surface area contributed by atoms with Gasteiger partial charge < -0.3 is 14.5 Å². The van der Waals surface area contributed by atoms with Crippen molar-refractivity contribution in [2.75, 3.05) is 39.8 Å². The molecule has 0 bridgehead atoms. The quantitative estimate of drug-likeness (QED) is 0.801. The molecule has 1 saturated heterocycles. The summed E-state index contributed by atoms with van der Waals surface area (Å²) in [5.41, 5.74) is 0. The van der Waals surface area contributed by atoms with Crippen molar-refractivity contribution < 1.29 is 9.53 Å². The maximum absolute atomic E-state index is 12.3. The Morgan fingerprint density at radius 1 is 1.55 bits per heavy atom. The van der Waals surface area contributed by atoms with Gasteiger partial charge in [0.25, 0.3) is 5.91 Å². The van der Waals surface area contributed by atoms with Crippen LogP contribution in [-0.2, 0) is 4.74 Å². The van der Waals surface area contributed by atoms with Crippen LogP contribution in [0.2, 0.25) is 0 Å². The van der Waals surface area contributed by atoms with Crippen LogP contribution in [0.25, 0.3) is 0 Å². The monoisotopic (exact) mass is 296 g/mol. The lowest BCUT2D eigenvalue weighted by molar-refractivity contribution is -0.0332. The van der Waals surface area contributed by atoms with Gasteiger partial charge in [-0.15, -0.1) is 5.10 Å². The minimum atomic E-state index is 0.0261. The number of carbonyl (C=O) groups is 1. The van der Waals surface area contributed by atoms with Crippen molar-refractivity contribution in [3.63, 3.8) is 0 Å². The first-order chi connectivity index (χ1) is 9.72. The highest BCUT2D eigenvalue weighted by atomic mass is 32.1. The van der Waals surface area contributed by atoms with Gasteiger partial charge in [-0.25, -0.2) is 0 Å². The molecule has 110 valence electrons. The van der Waals surface area contributed by atoms with Gasteiger partial charge in [-0.05, 0) is 37.3 Å². The zero-order valence-electron chi connectivity index (χ0n) is 11.7. The Morgan fingerprint density at radius 2 is 2.40 bits per heavy atom. The fourth-order valence-electron chi connectivity index (χ4n) is 2.59. The molecule has 1 aliphatic heterocycles. The van der Waals surface area contributed by atoms with Crippen LogP contribution in [0.3, 0.4) is 0 Å². The molecule has 1 aromatic rings. The van der Waals surface area contributed by atoms with E-state index in [1.807, 2.05) is 4.90 Å². The summed E-state index contributed by atoms with van der Waals surface area (Å²) in [5.74, 6) is 0.905. The normalized spacial score (nSPS) is 23.3. The molecule has 1 aromatic heterocycles. The number of amides is 1. The maximum Gasteiger partial charge on any atom is 0.267 e. The first-order valence-electron chi connectivity index (χ1n) is 7.09. The number of aromatic nitrogens is 2. The van der Waals surface area contributed by atoms with Crippen LogP contribution in [0.5, 0.6) is 0 Å². The number of ether oxygens (including phenoxy) is 1. The van der Waals surface area contributed by atoms with Crippen LogP contribution in [0.4, 0.5) is 0 Å². The van der Waals surface area contributed by atoms with Crippen LogP contribution in [0.1, 0.15) is 22.5 Å². The average Bonchev–Trinajstić information content (AvgIpc) is 3.08. The highest BCUT2D eigenvalue weighted by Gasteiger charge is 2.28. The van der Waals surface area contributed by atoms with Gasteiger partial charge >= 0.3 is 0 Å². The summed E-state index contributed by atoms with van der Waals surface area (Å²) in [6.45, 7) is 3.96. The fourth-order valence-corrected chi connectivity index (χ4v) is 3.08. The van der Waals surface area contributed by atoms with Crippen molar-refractivity contribution in [1.82, 2.24) is 19.4 Å². The summed E-state index contributed by atoms with van der Waals surface area (Å²) in [4.78, 5) is 17.1. The molecule has 0 N–H and O–H groups in total. The predicted molar refractivity (Wildman–Crippen MR) is 75.8 cm³/mol. The Balaban J connectivity index is 1.51. The number of carbonyl (C=O) groups excluding carboxylic acids is 1. The number of likely N-dealkylation sites (N-methyl/N-ethyl adjacent to an activating group) is 1. The summed E-state index contributed by atoms with van der Waals surface area (Å²) >= 11 is 1.15. The van der Waals surface area contributed by atoms with Crippen molar-refractivity contribution in [1.29, 1.82) is 0 Å². The van der Waals surface area contributed by atoms with E-state index < -0.39 is 0 Å². The van der Waals surface area contributed by atoms with Crippen molar-refractivity contribution >= 4 is 17.4 Å². The molecule has 7 heteroatoms. The van der Waals surface area contributed by atoms with E-state index in [0.717, 1.165) is 30.5 Å². The third-order valence-corrected chi connectivity index (χ3v) is 4.43. The first-order valence-corrected chi connectivity index (χ1v) is 7.86. The predicted octanol–water partition coefficient (Wildman–Crippen LogP) is 0.721. The molecule has 0 unspecified atom stereocenters. The molecule has 1 aliphatic carbocycles. The van der Waals surface area contributed by atoms with Crippen molar-refractivity contribution in [2.24, 2.45) is 5.92 Å². The van der Waals surface area contributed by atoms with Crippen LogP contribution in [0, 0.1) is 5.92 Å². The van der Waals surface area contributed by atoms with E-state index in [-0.39, 0.29) is 12.0 Å². The smallest absolute Gasteiger partial charge is 0.267 e. The number of nitrogens with zero attached hydrogens (tertiary/aromatic N) is 4. The molecular formula is C13H20N4O2S. The Hall–Kier alpha value is -1.05. The zero-order chi connectivity index (χ0) is 13.9. The molecular weight excluding hydrogens is 276 g/mol. The largest absolute Gasteiger partial charge is 0.373 e. The molecule has 2 fully saturated rings. The van der Waals surface area contributed by atoms with E-state index in [4.69, 9.17) is 4.74 Å². The summed E-state index contributed by atoms with van der Waals surface area (Å²) in [7, 11) is 2.13. The topological polar surface area (TPSA) is 58.6 Å². The SMILES string of the molecule is CN(CC1CC1)C[C@H]1CN(C(=O)c2cnns2)CCO1. The standard InChI is InChI=1S/C13H20N4O2S/c1-16(7-10-2-3-10)8-11-9-17(4-5-19-11)13(18)12-6-14-15-20-12/h6,10-11H,2-5,7-9H2,1H3/t11-/m0/s1. The molecule has 3 rings (SSSR count). The van der Waals surface area contributed by atoms with E-state index in [2.05, 4.69) is 21.5 Å². The third-order valence-electron chi connectivity index (χ3n) is 3.78. The lowest BCUT2D eigenvalue weighted by Crippen LogP contribution is -2.49. The minimum Gasteiger partial charge on any atom is -0.373 e. The summed E-state index contributed by atoms with van der Waals surface area (Å²) in [6.07, 6.45) is 4.37. The van der Waals surface area contributed by atoms with E-state index in [0.29, 0.717) is 24.6 Å². The number of morpholine rings is 1. The molecule has 0 spiro atoms. The maximum atomic E-state index is 12.3. The van der Waals surface area contributed by atoms with Crippen molar-refractivity contribution in [3.8, 4) is 0 Å². The summed E-state index contributed by atoms with van der Waals surface area (Å²) in [6, 6.07) is 0. The second-order valence-corrected chi connectivity index (χ2v) is 6.48. The Kier molecular flexibility index (Phi) is 4.28. The second-order valence-electron chi connectivity index (χ2n) is 5.69. The Labute approximate surface area is 122 Å². The number of hydrogen-bond donors (Lipinski definition) is 0. The van der Waals surface area contributed by atoms with Gasteiger partial charge in [0.2, 0.25) is 0 Å². The van der Waals surface area contributed by atoms with Crippen molar-refractivity contribution in [2.45, 2.75) is 18.9 Å². The lowest BCUT2D eigenvalue weighted by Gasteiger charge is -2.34. The minimum absolute atomic E-state index is 0.0261. The lowest BCUT2D eigenvalue weighted by atomic mass is 10.2. The summed E-state index contributed by atoms with van der Waals surface area (Å²) < 4.78 is 9.53. The van der Waals surface area contributed by atoms with E-state index in [9.17, 15) is 4.79 Å². The summed E-state index contributed by atoms with van der Waals surface area (Å²) in [5, 5.41) is 3.73. The molecule has 20 heavy (non-hydrogen) atoms. The zero-order valence-corrected chi connectivity index (χ0v) is 12.5. The van der Waals surface area contributed by atoms with Crippen LogP contribution < -0.4 is 0 Å². The van der Waals surface area contributed by atoms with E-state index in [1.165, 1.54) is 19.0 Å².